The van der Waals surface area contributed by atoms with E-state index in [4.69, 9.17) is 4.43 Å². The van der Waals surface area contributed by atoms with Gasteiger partial charge in [-0.25, -0.2) is 0 Å². The summed E-state index contributed by atoms with van der Waals surface area (Å²) in [5, 5.41) is -0.0841. The molecule has 0 N–H and O–H groups in total. The highest BCUT2D eigenvalue weighted by atomic mass is 28.4. The quantitative estimate of drug-likeness (QED) is 0.360. The fraction of sp³-hybridized carbons (Fsp3) is 0.296. The molecular formula is C27H30FNO2Si. The van der Waals surface area contributed by atoms with Crippen molar-refractivity contribution in [3.63, 3.8) is 0 Å². The highest BCUT2D eigenvalue weighted by Crippen LogP contribution is 2.44. The van der Waals surface area contributed by atoms with Crippen molar-refractivity contribution in [1.82, 2.24) is 4.90 Å². The molecule has 3 atom stereocenters. The van der Waals surface area contributed by atoms with Crippen LogP contribution in [0.15, 0.2) is 91.0 Å². The molecule has 0 bridgehead atoms. The predicted molar refractivity (Wildman–Crippen MR) is 128 cm³/mol. The van der Waals surface area contributed by atoms with Gasteiger partial charge in [-0.15, -0.1) is 0 Å². The topological polar surface area (TPSA) is 29.5 Å². The average molecular weight is 448 g/mol. The van der Waals surface area contributed by atoms with E-state index in [-0.39, 0.29) is 18.4 Å². The van der Waals surface area contributed by atoms with Crippen LogP contribution in [-0.2, 0) is 15.8 Å². The number of hydrogen-bond donors (Lipinski definition) is 0. The Balaban J connectivity index is 1.72. The molecule has 3 aromatic rings. The van der Waals surface area contributed by atoms with Crippen LogP contribution in [0.25, 0.3) is 0 Å². The predicted octanol–water partition coefficient (Wildman–Crippen LogP) is 5.66. The molecule has 1 unspecified atom stereocenters. The lowest BCUT2D eigenvalue weighted by atomic mass is 10.0. The van der Waals surface area contributed by atoms with Crippen LogP contribution >= 0.6 is 0 Å². The number of hydrogen-bond acceptors (Lipinski definition) is 2. The summed E-state index contributed by atoms with van der Waals surface area (Å²) in [6.45, 7) is 6.15. The molecule has 1 saturated heterocycles. The molecule has 4 rings (SSSR count). The van der Waals surface area contributed by atoms with E-state index in [1.54, 1.807) is 0 Å². The Bertz CT molecular complexity index is 1040. The van der Waals surface area contributed by atoms with E-state index in [1.165, 1.54) is 0 Å². The summed E-state index contributed by atoms with van der Waals surface area (Å²) in [6.07, 6.45) is -0.377. The minimum absolute atomic E-state index is 0.00831. The van der Waals surface area contributed by atoms with E-state index in [0.29, 0.717) is 11.7 Å². The summed E-state index contributed by atoms with van der Waals surface area (Å²) in [6, 6.07) is 28.6. The number of rotatable bonds is 6. The van der Waals surface area contributed by atoms with E-state index < -0.39 is 19.8 Å². The maximum absolute atomic E-state index is 16.8. The van der Waals surface area contributed by atoms with Gasteiger partial charge in [0.2, 0.25) is 5.91 Å². The number of amides is 1. The second-order valence-electron chi connectivity index (χ2n) is 9.43. The van der Waals surface area contributed by atoms with Crippen molar-refractivity contribution >= 4 is 19.7 Å². The van der Waals surface area contributed by atoms with Crippen LogP contribution in [-0.4, -0.2) is 25.6 Å². The average Bonchev–Trinajstić information content (AvgIpc) is 3.09. The van der Waals surface area contributed by atoms with Gasteiger partial charge in [-0.2, -0.15) is 0 Å². The highest BCUT2D eigenvalue weighted by Gasteiger charge is 2.55. The molecule has 1 amide bonds. The van der Waals surface area contributed by atoms with Gasteiger partial charge in [0.25, 0.3) is 0 Å². The van der Waals surface area contributed by atoms with Gasteiger partial charge >= 0.3 is 8.65 Å². The normalized spacial score (nSPS) is 20.9. The molecule has 1 aliphatic rings. The number of nitrogens with zero attached hydrogens (tertiary/aromatic N) is 1. The third-order valence-electron chi connectivity index (χ3n) is 6.14. The van der Waals surface area contributed by atoms with Gasteiger partial charge in [-0.1, -0.05) is 112 Å². The molecule has 1 aliphatic heterocycles. The molecule has 166 valence electrons. The molecule has 3 nitrogen and oxygen atoms in total. The van der Waals surface area contributed by atoms with Crippen LogP contribution in [0.3, 0.4) is 0 Å². The summed E-state index contributed by atoms with van der Waals surface area (Å²) in [4.78, 5) is 15.0. The smallest absolute Gasteiger partial charge is 0.382 e. The van der Waals surface area contributed by atoms with Crippen molar-refractivity contribution < 1.29 is 13.3 Å². The molecule has 0 saturated carbocycles. The largest absolute Gasteiger partial charge is 0.421 e. The lowest BCUT2D eigenvalue weighted by Crippen LogP contribution is -2.56. The molecule has 1 heterocycles. The number of benzene rings is 3. The summed E-state index contributed by atoms with van der Waals surface area (Å²) < 4.78 is 23.3. The Labute approximate surface area is 191 Å². The molecule has 0 radical (unpaired) electrons. The van der Waals surface area contributed by atoms with Gasteiger partial charge in [-0.3, -0.25) is 8.90 Å². The van der Waals surface area contributed by atoms with Crippen molar-refractivity contribution in [2.24, 2.45) is 0 Å². The van der Waals surface area contributed by atoms with E-state index in [0.717, 1.165) is 11.1 Å². The van der Waals surface area contributed by atoms with Gasteiger partial charge in [0.1, 0.15) is 0 Å². The second kappa shape index (κ2) is 9.00. The first-order valence-electron chi connectivity index (χ1n) is 11.1. The summed E-state index contributed by atoms with van der Waals surface area (Å²) in [5.74, 6) is -0.00831. The Morgan fingerprint density at radius 3 is 2.00 bits per heavy atom. The number of likely N-dealkylation sites (tertiary alicyclic amines) is 1. The van der Waals surface area contributed by atoms with Gasteiger partial charge in [-0.05, 0) is 16.3 Å². The van der Waals surface area contributed by atoms with Gasteiger partial charge in [0.15, 0.2) is 0 Å². The fourth-order valence-corrected chi connectivity index (χ4v) is 7.02. The van der Waals surface area contributed by atoms with Crippen LogP contribution in [0.1, 0.15) is 44.4 Å². The van der Waals surface area contributed by atoms with Crippen LogP contribution in [0.2, 0.25) is 5.04 Å². The zero-order valence-electron chi connectivity index (χ0n) is 18.9. The van der Waals surface area contributed by atoms with Crippen LogP contribution in [0.5, 0.6) is 0 Å². The van der Waals surface area contributed by atoms with Crippen molar-refractivity contribution in [3.05, 3.63) is 102 Å². The SMILES string of the molecule is CC(C)(C)[Si](F)(O[C@H]1CC(=O)N(Cc2ccccc2)[C@H]1c1ccccc1)c1ccccc1. The second-order valence-corrected chi connectivity index (χ2v) is 12.9. The third-order valence-corrected chi connectivity index (χ3v) is 9.78. The molecule has 32 heavy (non-hydrogen) atoms. The van der Waals surface area contributed by atoms with E-state index in [9.17, 15) is 4.79 Å². The number of carbonyl (C=O) groups excluding carboxylic acids is 1. The first kappa shape index (κ1) is 22.4. The van der Waals surface area contributed by atoms with Crippen molar-refractivity contribution in [2.75, 3.05) is 0 Å². The molecule has 3 aromatic carbocycles. The van der Waals surface area contributed by atoms with Crippen molar-refractivity contribution in [2.45, 2.75) is 50.9 Å². The van der Waals surface area contributed by atoms with Crippen LogP contribution in [0.4, 0.5) is 4.11 Å². The van der Waals surface area contributed by atoms with E-state index in [1.807, 2.05) is 117 Å². The summed E-state index contributed by atoms with van der Waals surface area (Å²) >= 11 is 0. The maximum atomic E-state index is 16.8. The van der Waals surface area contributed by atoms with Crippen molar-refractivity contribution in [1.29, 1.82) is 0 Å². The summed E-state index contributed by atoms with van der Waals surface area (Å²) in [5.41, 5.74) is 2.02. The molecular weight excluding hydrogens is 417 g/mol. The first-order valence-corrected chi connectivity index (χ1v) is 12.9. The Morgan fingerprint density at radius 2 is 1.44 bits per heavy atom. The lowest BCUT2D eigenvalue weighted by Gasteiger charge is -2.38. The number of carbonyl (C=O) groups is 1. The zero-order valence-corrected chi connectivity index (χ0v) is 19.9. The van der Waals surface area contributed by atoms with Gasteiger partial charge in [0.05, 0.1) is 18.6 Å². The molecule has 0 aromatic heterocycles. The molecule has 0 aliphatic carbocycles. The fourth-order valence-electron chi connectivity index (χ4n) is 4.41. The zero-order chi connectivity index (χ0) is 22.8. The van der Waals surface area contributed by atoms with E-state index in [2.05, 4.69) is 0 Å². The molecule has 0 spiro atoms. The standard InChI is InChI=1S/C27H30FNO2Si/c1-27(2,3)32(28,23-17-11-6-12-18-23)31-24-19-25(30)29(20-21-13-7-4-8-14-21)26(24)22-15-9-5-10-16-22/h4-18,24,26H,19-20H2,1-3H3/t24-,26-,32?/m0/s1. The minimum atomic E-state index is -3.90. The van der Waals surface area contributed by atoms with Gasteiger partial charge < -0.3 is 9.33 Å². The Hall–Kier alpha value is -2.76. The van der Waals surface area contributed by atoms with Crippen LogP contribution in [0, 0.1) is 0 Å². The molecule has 1 fully saturated rings. The lowest BCUT2D eigenvalue weighted by molar-refractivity contribution is -0.129. The Kier molecular flexibility index (Phi) is 6.31. The third kappa shape index (κ3) is 4.41. The van der Waals surface area contributed by atoms with Crippen LogP contribution < -0.4 is 5.19 Å². The molecule has 5 heteroatoms. The van der Waals surface area contributed by atoms with Gasteiger partial charge in [0, 0.05) is 11.6 Å². The number of halogens is 1. The summed E-state index contributed by atoms with van der Waals surface area (Å²) in [7, 11) is -3.90. The Morgan fingerprint density at radius 1 is 0.906 bits per heavy atom. The monoisotopic (exact) mass is 447 g/mol. The maximum Gasteiger partial charge on any atom is 0.421 e. The van der Waals surface area contributed by atoms with E-state index >= 15 is 4.11 Å². The first-order chi connectivity index (χ1) is 15.3. The minimum Gasteiger partial charge on any atom is -0.382 e. The van der Waals surface area contributed by atoms with Crippen molar-refractivity contribution in [3.8, 4) is 0 Å². The highest BCUT2D eigenvalue weighted by molar-refractivity contribution is 6.83.